The fraction of sp³-hybridized carbons (Fsp3) is 0.818. The van der Waals surface area contributed by atoms with Crippen molar-refractivity contribution in [2.24, 2.45) is 11.8 Å². The smallest absolute Gasteiger partial charge is 0.303 e. The van der Waals surface area contributed by atoms with Crippen LogP contribution in [0.5, 0.6) is 0 Å². The molecule has 0 heterocycles. The van der Waals surface area contributed by atoms with E-state index in [2.05, 4.69) is 6.92 Å². The van der Waals surface area contributed by atoms with Crippen LogP contribution in [0.15, 0.2) is 12.2 Å². The van der Waals surface area contributed by atoms with Crippen LogP contribution in [-0.2, 0) is 9.59 Å². The van der Waals surface area contributed by atoms with Gasteiger partial charge in [0.05, 0.1) is 12.2 Å². The molecular formula is C22H38O5. The van der Waals surface area contributed by atoms with E-state index in [-0.39, 0.29) is 30.5 Å². The summed E-state index contributed by atoms with van der Waals surface area (Å²) in [4.78, 5) is 22.7. The molecule has 1 aliphatic carbocycles. The summed E-state index contributed by atoms with van der Waals surface area (Å²) < 4.78 is 0. The van der Waals surface area contributed by atoms with Gasteiger partial charge in [0, 0.05) is 24.7 Å². The van der Waals surface area contributed by atoms with E-state index in [1.54, 1.807) is 6.08 Å². The van der Waals surface area contributed by atoms with E-state index in [9.17, 15) is 19.8 Å². The molecule has 5 nitrogen and oxygen atoms in total. The predicted molar refractivity (Wildman–Crippen MR) is 106 cm³/mol. The molecule has 0 aromatic heterocycles. The lowest BCUT2D eigenvalue weighted by Crippen LogP contribution is -2.19. The van der Waals surface area contributed by atoms with Gasteiger partial charge in [0.1, 0.15) is 5.78 Å². The van der Waals surface area contributed by atoms with Crippen molar-refractivity contribution in [3.05, 3.63) is 12.2 Å². The van der Waals surface area contributed by atoms with Gasteiger partial charge in [-0.2, -0.15) is 0 Å². The van der Waals surface area contributed by atoms with Gasteiger partial charge in [-0.25, -0.2) is 0 Å². The van der Waals surface area contributed by atoms with Crippen molar-refractivity contribution < 1.29 is 24.9 Å². The van der Waals surface area contributed by atoms with Crippen molar-refractivity contribution in [2.75, 3.05) is 0 Å². The summed E-state index contributed by atoms with van der Waals surface area (Å²) >= 11 is 0. The van der Waals surface area contributed by atoms with Crippen LogP contribution in [0.3, 0.4) is 0 Å². The average molecular weight is 383 g/mol. The average Bonchev–Trinajstić information content (AvgIpc) is 2.88. The molecule has 1 saturated carbocycles. The number of carboxylic acids is 1. The first-order valence-corrected chi connectivity index (χ1v) is 10.7. The van der Waals surface area contributed by atoms with Crippen LogP contribution >= 0.6 is 0 Å². The second-order valence-corrected chi connectivity index (χ2v) is 7.92. The molecule has 1 rings (SSSR count). The summed E-state index contributed by atoms with van der Waals surface area (Å²) in [6.45, 7) is 2.13. The highest BCUT2D eigenvalue weighted by Crippen LogP contribution is 2.34. The first-order valence-electron chi connectivity index (χ1n) is 10.7. The van der Waals surface area contributed by atoms with E-state index in [0.29, 0.717) is 0 Å². The normalized spacial score (nSPS) is 24.0. The third-order valence-electron chi connectivity index (χ3n) is 5.55. The Morgan fingerprint density at radius 1 is 1.11 bits per heavy atom. The maximum absolute atomic E-state index is 12.2. The molecule has 1 aliphatic rings. The van der Waals surface area contributed by atoms with Gasteiger partial charge >= 0.3 is 5.97 Å². The number of rotatable bonds is 15. The molecule has 1 fully saturated rings. The topological polar surface area (TPSA) is 94.8 Å². The summed E-state index contributed by atoms with van der Waals surface area (Å²) in [5.41, 5.74) is 0. The number of hydrogen-bond donors (Lipinski definition) is 3. The Balaban J connectivity index is 2.30. The quantitative estimate of drug-likeness (QED) is 0.291. The Labute approximate surface area is 163 Å². The zero-order chi connectivity index (χ0) is 20.1. The van der Waals surface area contributed by atoms with Crippen molar-refractivity contribution >= 4 is 11.8 Å². The Hall–Kier alpha value is -1.20. The van der Waals surface area contributed by atoms with Crippen LogP contribution in [0, 0.1) is 11.8 Å². The van der Waals surface area contributed by atoms with Gasteiger partial charge in [-0.3, -0.25) is 9.59 Å². The van der Waals surface area contributed by atoms with Gasteiger partial charge in [0.2, 0.25) is 0 Å². The molecule has 27 heavy (non-hydrogen) atoms. The zero-order valence-electron chi connectivity index (χ0n) is 16.8. The van der Waals surface area contributed by atoms with Crippen LogP contribution < -0.4 is 0 Å². The van der Waals surface area contributed by atoms with Gasteiger partial charge in [-0.1, -0.05) is 70.4 Å². The SMILES string of the molecule is CCCCC[C@H](O)/C=C/[C@@H]1[C@H](CCCCCCCCC(=O)O)C(=O)C[C@@H]1O. The van der Waals surface area contributed by atoms with Gasteiger partial charge in [0.25, 0.3) is 0 Å². The summed E-state index contributed by atoms with van der Waals surface area (Å²) in [6.07, 6.45) is 13.4. The van der Waals surface area contributed by atoms with Crippen LogP contribution in [0.2, 0.25) is 0 Å². The maximum Gasteiger partial charge on any atom is 0.303 e. The predicted octanol–water partition coefficient (Wildman–Crippen LogP) is 4.26. The number of carbonyl (C=O) groups is 2. The van der Waals surface area contributed by atoms with Crippen LogP contribution in [0.1, 0.15) is 90.4 Å². The van der Waals surface area contributed by atoms with Crippen molar-refractivity contribution in [3.63, 3.8) is 0 Å². The minimum Gasteiger partial charge on any atom is -0.481 e. The highest BCUT2D eigenvalue weighted by atomic mass is 16.4. The molecule has 0 bridgehead atoms. The number of carbonyl (C=O) groups excluding carboxylic acids is 1. The van der Waals surface area contributed by atoms with E-state index in [0.717, 1.165) is 70.6 Å². The lowest BCUT2D eigenvalue weighted by molar-refractivity contribution is -0.137. The van der Waals surface area contributed by atoms with E-state index in [1.165, 1.54) is 0 Å². The monoisotopic (exact) mass is 382 g/mol. The number of carboxylic acid groups (broad SMARTS) is 1. The molecule has 4 atom stereocenters. The molecule has 0 amide bonds. The molecule has 0 aliphatic heterocycles. The lowest BCUT2D eigenvalue weighted by Gasteiger charge is -2.18. The largest absolute Gasteiger partial charge is 0.481 e. The highest BCUT2D eigenvalue weighted by Gasteiger charge is 2.39. The summed E-state index contributed by atoms with van der Waals surface area (Å²) in [5.74, 6) is -0.901. The van der Waals surface area contributed by atoms with Gasteiger partial charge in [0.15, 0.2) is 0 Å². The van der Waals surface area contributed by atoms with Gasteiger partial charge in [-0.15, -0.1) is 0 Å². The minimum absolute atomic E-state index is 0.133. The lowest BCUT2D eigenvalue weighted by atomic mass is 9.88. The molecule has 0 saturated heterocycles. The first kappa shape index (κ1) is 23.8. The standard InChI is InChI=1S/C22H38O5/c1-2-3-8-11-17(23)14-15-19-18(20(24)16-21(19)25)12-9-6-4-5-7-10-13-22(26)27/h14-15,17-19,21,23,25H,2-13,16H2,1H3,(H,26,27)/b15-14+/t17-,18-,19+,21-/m0/s1. The molecular weight excluding hydrogens is 344 g/mol. The van der Waals surface area contributed by atoms with Crippen LogP contribution in [-0.4, -0.2) is 39.3 Å². The second kappa shape index (κ2) is 13.9. The first-order chi connectivity index (χ1) is 13.0. The Morgan fingerprint density at radius 3 is 2.44 bits per heavy atom. The van der Waals surface area contributed by atoms with E-state index >= 15 is 0 Å². The van der Waals surface area contributed by atoms with Crippen molar-refractivity contribution in [1.29, 1.82) is 0 Å². The molecule has 0 aromatic rings. The molecule has 156 valence electrons. The van der Waals surface area contributed by atoms with Crippen LogP contribution in [0.25, 0.3) is 0 Å². The molecule has 0 spiro atoms. The summed E-state index contributed by atoms with van der Waals surface area (Å²) in [5, 5.41) is 28.8. The van der Waals surface area contributed by atoms with Crippen LogP contribution in [0.4, 0.5) is 0 Å². The zero-order valence-corrected chi connectivity index (χ0v) is 16.8. The molecule has 0 aromatic carbocycles. The fourth-order valence-electron chi connectivity index (χ4n) is 3.90. The number of ketones is 1. The third-order valence-corrected chi connectivity index (χ3v) is 5.55. The molecule has 0 unspecified atom stereocenters. The maximum atomic E-state index is 12.2. The highest BCUT2D eigenvalue weighted by molar-refractivity contribution is 5.84. The number of aliphatic carboxylic acids is 1. The summed E-state index contributed by atoms with van der Waals surface area (Å²) in [7, 11) is 0. The van der Waals surface area contributed by atoms with Crippen molar-refractivity contribution in [2.45, 2.75) is 103 Å². The Bertz CT molecular complexity index is 460. The Kier molecular flexibility index (Phi) is 12.3. The van der Waals surface area contributed by atoms with E-state index in [1.807, 2.05) is 6.08 Å². The molecule has 0 radical (unpaired) electrons. The second-order valence-electron chi connectivity index (χ2n) is 7.92. The van der Waals surface area contributed by atoms with Crippen molar-refractivity contribution in [1.82, 2.24) is 0 Å². The van der Waals surface area contributed by atoms with Gasteiger partial charge < -0.3 is 15.3 Å². The fourth-order valence-corrected chi connectivity index (χ4v) is 3.90. The number of aliphatic hydroxyl groups is 2. The van der Waals surface area contributed by atoms with Crippen molar-refractivity contribution in [3.8, 4) is 0 Å². The van der Waals surface area contributed by atoms with Gasteiger partial charge in [-0.05, 0) is 19.3 Å². The van der Waals surface area contributed by atoms with E-state index < -0.39 is 18.2 Å². The third kappa shape index (κ3) is 10.1. The molecule has 3 N–H and O–H groups in total. The van der Waals surface area contributed by atoms with E-state index in [4.69, 9.17) is 5.11 Å². The number of unbranched alkanes of at least 4 members (excludes halogenated alkanes) is 7. The Morgan fingerprint density at radius 2 is 1.78 bits per heavy atom. The number of Topliss-reactive ketones (excluding diaryl/α,β-unsaturated/α-hetero) is 1. The molecule has 5 heteroatoms. The summed E-state index contributed by atoms with van der Waals surface area (Å²) in [6, 6.07) is 0. The minimum atomic E-state index is -0.733. The number of aliphatic hydroxyl groups excluding tert-OH is 2. The number of hydrogen-bond acceptors (Lipinski definition) is 4.